The summed E-state index contributed by atoms with van der Waals surface area (Å²) in [5, 5.41) is 0. The topological polar surface area (TPSA) is 55.4 Å². The molecule has 1 saturated carbocycles. The predicted molar refractivity (Wildman–Crippen MR) is 107 cm³/mol. The van der Waals surface area contributed by atoms with E-state index in [0.29, 0.717) is 0 Å². The second kappa shape index (κ2) is 7.74. The second-order valence-electron chi connectivity index (χ2n) is 7.82. The van der Waals surface area contributed by atoms with E-state index in [4.69, 9.17) is 4.84 Å². The first-order valence-electron chi connectivity index (χ1n) is 9.77. The lowest BCUT2D eigenvalue weighted by Gasteiger charge is -2.37. The maximum Gasteiger partial charge on any atom is 0.297 e. The van der Waals surface area contributed by atoms with Crippen LogP contribution in [-0.4, -0.2) is 21.1 Å². The summed E-state index contributed by atoms with van der Waals surface area (Å²) in [4.78, 5) is 4.87. The average Bonchev–Trinajstić information content (AvgIpc) is 3.36. The van der Waals surface area contributed by atoms with E-state index in [1.54, 1.807) is 0 Å². The third-order valence-corrected chi connectivity index (χ3v) is 7.11. The molecule has 4 rings (SSSR count). The number of hydrogen-bond acceptors (Lipinski definition) is 4. The highest BCUT2D eigenvalue weighted by Crippen LogP contribution is 2.53. The Kier molecular flexibility index (Phi) is 5.40. The number of benzene rings is 2. The van der Waals surface area contributed by atoms with Crippen LogP contribution in [-0.2, 0) is 20.2 Å². The van der Waals surface area contributed by atoms with E-state index < -0.39 is 38.3 Å². The molecular formula is C22H22F3NO3S. The first-order valence-corrected chi connectivity index (χ1v) is 11.7. The minimum Gasteiger partial charge on any atom is -0.405 e. The zero-order valence-corrected chi connectivity index (χ0v) is 17.2. The van der Waals surface area contributed by atoms with Crippen LogP contribution in [0.15, 0.2) is 59.2 Å². The predicted octanol–water partition coefficient (Wildman–Crippen LogP) is 4.83. The Morgan fingerprint density at radius 3 is 2.33 bits per heavy atom. The molecule has 1 heterocycles. The Morgan fingerprint density at radius 2 is 1.77 bits per heavy atom. The van der Waals surface area contributed by atoms with Crippen molar-refractivity contribution in [3.05, 3.63) is 71.2 Å². The standard InChI is InChI=1S/C22H22F3NO3S/c1-30(27,28)18-12-11-14(13-17(18)23)19-20(21(24)25)29-26-22(19,16-9-5-6-10-16)15-7-3-2-4-8-15/h2-4,7-8,11-13,16,21,26H,5-6,9-10H2,1H3. The first kappa shape index (κ1) is 20.9. The van der Waals surface area contributed by atoms with Crippen molar-refractivity contribution in [1.82, 2.24) is 5.48 Å². The minimum absolute atomic E-state index is 0.0382. The third-order valence-electron chi connectivity index (χ3n) is 5.98. The van der Waals surface area contributed by atoms with Crippen LogP contribution < -0.4 is 5.48 Å². The molecule has 160 valence electrons. The number of hydroxylamine groups is 1. The summed E-state index contributed by atoms with van der Waals surface area (Å²) in [6.45, 7) is 0. The molecule has 0 bridgehead atoms. The lowest BCUT2D eigenvalue weighted by Crippen LogP contribution is -2.44. The van der Waals surface area contributed by atoms with E-state index in [1.807, 2.05) is 30.3 Å². The van der Waals surface area contributed by atoms with Crippen LogP contribution >= 0.6 is 0 Å². The molecule has 2 aromatic rings. The summed E-state index contributed by atoms with van der Waals surface area (Å²) in [5.74, 6) is -1.57. The fraction of sp³-hybridized carbons (Fsp3) is 0.364. The van der Waals surface area contributed by atoms with Gasteiger partial charge in [0.25, 0.3) is 6.43 Å². The molecule has 0 saturated heterocycles. The monoisotopic (exact) mass is 437 g/mol. The van der Waals surface area contributed by atoms with Crippen molar-refractivity contribution in [2.75, 3.05) is 6.26 Å². The van der Waals surface area contributed by atoms with Crippen LogP contribution in [0.4, 0.5) is 13.2 Å². The molecule has 4 nitrogen and oxygen atoms in total. The van der Waals surface area contributed by atoms with Gasteiger partial charge in [-0.1, -0.05) is 49.2 Å². The van der Waals surface area contributed by atoms with E-state index in [-0.39, 0.29) is 17.1 Å². The number of rotatable bonds is 5. The van der Waals surface area contributed by atoms with Crippen LogP contribution in [0, 0.1) is 11.7 Å². The highest BCUT2D eigenvalue weighted by Gasteiger charge is 2.52. The van der Waals surface area contributed by atoms with Gasteiger partial charge < -0.3 is 4.84 Å². The summed E-state index contributed by atoms with van der Waals surface area (Å²) in [6.07, 6.45) is 1.50. The van der Waals surface area contributed by atoms with E-state index in [1.165, 1.54) is 6.07 Å². The second-order valence-corrected chi connectivity index (χ2v) is 9.80. The molecule has 1 unspecified atom stereocenters. The molecular weight excluding hydrogens is 415 g/mol. The molecule has 1 aliphatic heterocycles. The van der Waals surface area contributed by atoms with Gasteiger partial charge >= 0.3 is 0 Å². The number of allylic oxidation sites excluding steroid dienone is 1. The molecule has 0 radical (unpaired) electrons. The summed E-state index contributed by atoms with van der Waals surface area (Å²) < 4.78 is 66.3. The highest BCUT2D eigenvalue weighted by atomic mass is 32.2. The van der Waals surface area contributed by atoms with Crippen LogP contribution in [0.5, 0.6) is 0 Å². The average molecular weight is 437 g/mol. The van der Waals surface area contributed by atoms with Gasteiger partial charge in [0.2, 0.25) is 0 Å². The van der Waals surface area contributed by atoms with Gasteiger partial charge in [0, 0.05) is 11.8 Å². The Labute approximate surface area is 173 Å². The largest absolute Gasteiger partial charge is 0.405 e. The van der Waals surface area contributed by atoms with Crippen molar-refractivity contribution in [2.45, 2.75) is 42.5 Å². The van der Waals surface area contributed by atoms with Crippen LogP contribution in [0.25, 0.3) is 5.57 Å². The molecule has 30 heavy (non-hydrogen) atoms. The van der Waals surface area contributed by atoms with Crippen molar-refractivity contribution in [1.29, 1.82) is 0 Å². The van der Waals surface area contributed by atoms with Crippen LogP contribution in [0.3, 0.4) is 0 Å². The van der Waals surface area contributed by atoms with Gasteiger partial charge in [-0.2, -0.15) is 0 Å². The fourth-order valence-corrected chi connectivity index (χ4v) is 5.43. The minimum atomic E-state index is -3.79. The molecule has 2 aromatic carbocycles. The van der Waals surface area contributed by atoms with E-state index in [0.717, 1.165) is 49.6 Å². The Morgan fingerprint density at radius 1 is 1.10 bits per heavy atom. The lowest BCUT2D eigenvalue weighted by atomic mass is 9.70. The molecule has 1 fully saturated rings. The maximum absolute atomic E-state index is 14.7. The van der Waals surface area contributed by atoms with E-state index >= 15 is 0 Å². The third kappa shape index (κ3) is 3.41. The molecule has 2 aliphatic rings. The van der Waals surface area contributed by atoms with Crippen LogP contribution in [0.2, 0.25) is 0 Å². The van der Waals surface area contributed by atoms with Gasteiger partial charge in [-0.15, -0.1) is 5.48 Å². The Balaban J connectivity index is 1.97. The van der Waals surface area contributed by atoms with Gasteiger partial charge in [0.1, 0.15) is 16.3 Å². The molecule has 0 aromatic heterocycles. The smallest absolute Gasteiger partial charge is 0.297 e. The number of nitrogens with one attached hydrogen (secondary N) is 1. The first-order chi connectivity index (χ1) is 14.2. The van der Waals surface area contributed by atoms with Crippen molar-refractivity contribution in [2.24, 2.45) is 5.92 Å². The summed E-state index contributed by atoms with van der Waals surface area (Å²) >= 11 is 0. The quantitative estimate of drug-likeness (QED) is 0.728. The van der Waals surface area contributed by atoms with Crippen molar-refractivity contribution in [3.63, 3.8) is 0 Å². The summed E-state index contributed by atoms with van der Waals surface area (Å²) in [5.41, 5.74) is 2.88. The molecule has 1 N–H and O–H groups in total. The van der Waals surface area contributed by atoms with E-state index in [2.05, 4.69) is 5.48 Å². The fourth-order valence-electron chi connectivity index (χ4n) is 4.70. The van der Waals surface area contributed by atoms with Crippen LogP contribution in [0.1, 0.15) is 36.8 Å². The van der Waals surface area contributed by atoms with Gasteiger partial charge in [0.15, 0.2) is 15.6 Å². The van der Waals surface area contributed by atoms with Crippen molar-refractivity contribution < 1.29 is 26.4 Å². The van der Waals surface area contributed by atoms with Crippen molar-refractivity contribution in [3.8, 4) is 0 Å². The normalized spacial score (nSPS) is 22.7. The lowest BCUT2D eigenvalue weighted by molar-refractivity contribution is 0.0102. The molecule has 8 heteroatoms. The Bertz CT molecular complexity index is 1080. The summed E-state index contributed by atoms with van der Waals surface area (Å²) in [7, 11) is -3.79. The molecule has 1 aliphatic carbocycles. The number of halogens is 3. The number of sulfone groups is 1. The van der Waals surface area contributed by atoms with Crippen molar-refractivity contribution >= 4 is 15.4 Å². The molecule has 1 atom stereocenters. The Hall–Kier alpha value is -2.32. The number of hydrogen-bond donors (Lipinski definition) is 1. The SMILES string of the molecule is CS(=O)(=O)c1ccc(C2=C(C(F)F)ONC2(c2ccccc2)C2CCCC2)cc1F. The highest BCUT2D eigenvalue weighted by molar-refractivity contribution is 7.90. The van der Waals surface area contributed by atoms with Gasteiger partial charge in [-0.3, -0.25) is 0 Å². The maximum atomic E-state index is 14.7. The van der Waals surface area contributed by atoms with Gasteiger partial charge in [-0.05, 0) is 42.0 Å². The zero-order chi connectivity index (χ0) is 21.5. The summed E-state index contributed by atoms with van der Waals surface area (Å²) in [6, 6.07) is 12.7. The molecule has 0 spiro atoms. The zero-order valence-electron chi connectivity index (χ0n) is 16.4. The molecule has 0 amide bonds. The van der Waals surface area contributed by atoms with E-state index in [9.17, 15) is 21.6 Å². The number of alkyl halides is 2. The van der Waals surface area contributed by atoms with Gasteiger partial charge in [-0.25, -0.2) is 21.6 Å². The van der Waals surface area contributed by atoms with Gasteiger partial charge in [0.05, 0.1) is 0 Å².